The second-order valence-corrected chi connectivity index (χ2v) is 20.7. The maximum absolute atomic E-state index is 14.3. The van der Waals surface area contributed by atoms with Crippen LogP contribution in [-0.2, 0) is 63.9 Å². The molecule has 3 fully saturated rings. The molecular formula is C54H75N7O15. The summed E-state index contributed by atoms with van der Waals surface area (Å²) in [6, 6.07) is 5.33. The maximum Gasteiger partial charge on any atom is 0.426 e. The molecule has 416 valence electrons. The minimum absolute atomic E-state index is 0.0342. The Labute approximate surface area is 443 Å². The van der Waals surface area contributed by atoms with Gasteiger partial charge in [-0.25, -0.2) is 15.0 Å². The highest BCUT2D eigenvalue weighted by Gasteiger charge is 2.67. The van der Waals surface area contributed by atoms with Gasteiger partial charge in [-0.2, -0.15) is 0 Å². The Morgan fingerprint density at radius 1 is 0.934 bits per heavy atom. The highest BCUT2D eigenvalue weighted by molar-refractivity contribution is 6.01. The number of hydrogen-bond acceptors (Lipinski definition) is 15. The molecule has 9 atom stereocenters. The third-order valence-electron chi connectivity index (χ3n) is 15.3. The molecule has 5 rings (SSSR count). The highest BCUT2D eigenvalue weighted by atomic mass is 16.7. The van der Waals surface area contributed by atoms with E-state index in [1.165, 1.54) is 6.08 Å². The number of fused-ring (bicyclic) bond motifs is 3. The number of unbranched alkanes of at least 4 members (excludes halogenated alkanes) is 2. The predicted molar refractivity (Wildman–Crippen MR) is 275 cm³/mol. The minimum Gasteiger partial charge on any atom is -0.443 e. The van der Waals surface area contributed by atoms with E-state index in [0.29, 0.717) is 56.2 Å². The molecule has 1 aromatic carbocycles. The number of nitrogens with one attached hydrogen (secondary N) is 6. The van der Waals surface area contributed by atoms with Crippen LogP contribution in [0.15, 0.2) is 60.2 Å². The smallest absolute Gasteiger partial charge is 0.426 e. The van der Waals surface area contributed by atoms with Gasteiger partial charge < -0.3 is 45.3 Å². The van der Waals surface area contributed by atoms with Gasteiger partial charge in [0, 0.05) is 35.4 Å². The molecule has 0 bridgehead atoms. The maximum atomic E-state index is 14.3. The predicted octanol–water partition coefficient (Wildman–Crippen LogP) is 3.97. The van der Waals surface area contributed by atoms with Gasteiger partial charge in [-0.15, -0.1) is 0 Å². The zero-order valence-electron chi connectivity index (χ0n) is 44.5. The summed E-state index contributed by atoms with van der Waals surface area (Å²) in [7, 11) is 0. The number of anilines is 1. The van der Waals surface area contributed by atoms with Crippen LogP contribution in [0.5, 0.6) is 0 Å². The van der Waals surface area contributed by atoms with E-state index in [1.54, 1.807) is 63.3 Å². The van der Waals surface area contributed by atoms with Crippen LogP contribution in [0.25, 0.3) is 0 Å². The van der Waals surface area contributed by atoms with E-state index in [1.807, 2.05) is 19.9 Å². The molecule has 1 saturated heterocycles. The number of ketones is 2. The van der Waals surface area contributed by atoms with Gasteiger partial charge in [0.05, 0.1) is 19.3 Å². The molecule has 22 heteroatoms. The summed E-state index contributed by atoms with van der Waals surface area (Å²) in [5, 5.41) is 22.1. The molecular weight excluding hydrogens is 987 g/mol. The van der Waals surface area contributed by atoms with Crippen LogP contribution in [0, 0.1) is 34.5 Å². The van der Waals surface area contributed by atoms with Gasteiger partial charge >= 0.3 is 12.2 Å². The first-order valence-electron chi connectivity index (χ1n) is 26.0. The number of alkyl carbamates (subject to hydrolysis) is 1. The van der Waals surface area contributed by atoms with Crippen LogP contribution in [0.2, 0.25) is 0 Å². The normalized spacial score (nSPS) is 25.9. The van der Waals surface area contributed by atoms with E-state index in [-0.39, 0.29) is 74.5 Å². The number of allylic oxidation sites excluding steroid dienone is 5. The number of aliphatic hydroxyl groups is 1. The standard InChI is InChI=1S/C54H75N7O15/c1-8-13-45(69)61(32-62)24-12-10-11-15-42(66)58-48(33(3)4)49(70)55-27-43(67)57-37-19-16-35(17-20-37)29-73-51(72)60-59-44(68)28-56-50(71)74-30-41(65)54(31-75-46(76-54)14-9-2)53(7)26-40(64)47-39(34(53)5)21-18-36-25-38(63)22-23-52(36,47)6/h8,13,16-17,19-20,22-23,25,32-34,39-40,46-48,64H,9-12,14-15,18,21,24,26-31H2,1-7H3,(H,55,70)(H,56,71)(H,57,67)(H,58,66)(H,59,68)(H,60,72)/b13-8-. The van der Waals surface area contributed by atoms with Crippen LogP contribution in [0.1, 0.15) is 112 Å². The number of hydrazine groups is 1. The number of hydrogen-bond donors (Lipinski definition) is 7. The van der Waals surface area contributed by atoms with Crippen molar-refractivity contribution in [3.05, 3.63) is 65.8 Å². The van der Waals surface area contributed by atoms with Crippen LogP contribution in [-0.4, -0.2) is 127 Å². The molecule has 1 aliphatic heterocycles. The van der Waals surface area contributed by atoms with Gasteiger partial charge in [0.15, 0.2) is 24.3 Å². The lowest BCUT2D eigenvalue weighted by Crippen LogP contribution is -2.66. The molecule has 0 aromatic heterocycles. The van der Waals surface area contributed by atoms with Crippen molar-refractivity contribution in [2.45, 2.75) is 137 Å². The van der Waals surface area contributed by atoms with E-state index in [9.17, 15) is 53.1 Å². The molecule has 8 amide bonds. The topological polar surface area (TPSA) is 303 Å². The van der Waals surface area contributed by atoms with E-state index in [0.717, 1.165) is 16.9 Å². The van der Waals surface area contributed by atoms with E-state index in [2.05, 4.69) is 46.0 Å². The first-order valence-corrected chi connectivity index (χ1v) is 26.0. The quantitative estimate of drug-likeness (QED) is 0.0334. The molecule has 7 N–H and O–H groups in total. The summed E-state index contributed by atoms with van der Waals surface area (Å²) >= 11 is 0. The Kier molecular flexibility index (Phi) is 21.6. The Bertz CT molecular complexity index is 2410. The average Bonchev–Trinajstić information content (AvgIpc) is 3.87. The Morgan fingerprint density at radius 3 is 2.34 bits per heavy atom. The summed E-state index contributed by atoms with van der Waals surface area (Å²) in [5.41, 5.74) is 3.02. The molecule has 76 heavy (non-hydrogen) atoms. The Morgan fingerprint density at radius 2 is 1.66 bits per heavy atom. The second kappa shape index (κ2) is 27.3. The fourth-order valence-corrected chi connectivity index (χ4v) is 10.9. The number of carbonyl (C=O) groups excluding carboxylic acids is 10. The Hall–Kier alpha value is -6.78. The second-order valence-electron chi connectivity index (χ2n) is 20.7. The molecule has 1 aromatic rings. The lowest BCUT2D eigenvalue weighted by molar-refractivity contribution is -0.208. The molecule has 22 nitrogen and oxygen atoms in total. The van der Waals surface area contributed by atoms with Crippen molar-refractivity contribution in [3.63, 3.8) is 0 Å². The van der Waals surface area contributed by atoms with Crippen molar-refractivity contribution < 1.29 is 72.0 Å². The highest BCUT2D eigenvalue weighted by Crippen LogP contribution is 2.64. The molecule has 0 radical (unpaired) electrons. The first kappa shape index (κ1) is 60.1. The third kappa shape index (κ3) is 15.0. The number of imide groups is 1. The summed E-state index contributed by atoms with van der Waals surface area (Å²) < 4.78 is 23.0. The fraction of sp³-hybridized carbons (Fsp3) is 0.593. The van der Waals surface area contributed by atoms with Gasteiger partial charge in [0.2, 0.25) is 29.9 Å². The van der Waals surface area contributed by atoms with Crippen molar-refractivity contribution >= 4 is 65.4 Å². The monoisotopic (exact) mass is 1060 g/mol. The lowest BCUT2D eigenvalue weighted by atomic mass is 9.44. The number of carbonyl (C=O) groups is 10. The van der Waals surface area contributed by atoms with Gasteiger partial charge in [0.1, 0.15) is 19.2 Å². The van der Waals surface area contributed by atoms with Gasteiger partial charge in [0.25, 0.3) is 11.8 Å². The largest absolute Gasteiger partial charge is 0.443 e. The summed E-state index contributed by atoms with van der Waals surface area (Å²) in [6.45, 7) is 11.3. The minimum atomic E-state index is -1.57. The molecule has 1 heterocycles. The van der Waals surface area contributed by atoms with Gasteiger partial charge in [-0.3, -0.25) is 48.7 Å². The third-order valence-corrected chi connectivity index (χ3v) is 15.3. The van der Waals surface area contributed by atoms with Crippen LogP contribution >= 0.6 is 0 Å². The molecule has 0 spiro atoms. The summed E-state index contributed by atoms with van der Waals surface area (Å²) in [6.07, 6.45) is 9.29. The molecule has 3 aliphatic carbocycles. The van der Waals surface area contributed by atoms with Crippen molar-refractivity contribution in [3.8, 4) is 0 Å². The van der Waals surface area contributed by atoms with Crippen molar-refractivity contribution in [2.24, 2.45) is 34.5 Å². The van der Waals surface area contributed by atoms with E-state index >= 15 is 0 Å². The lowest BCUT2D eigenvalue weighted by Gasteiger charge is -2.61. The number of amides is 8. The fourth-order valence-electron chi connectivity index (χ4n) is 10.9. The number of rotatable bonds is 24. The average molecular weight is 1060 g/mol. The van der Waals surface area contributed by atoms with E-state index in [4.69, 9.17) is 18.9 Å². The number of benzene rings is 1. The zero-order valence-corrected chi connectivity index (χ0v) is 44.5. The number of ether oxygens (including phenoxy) is 4. The number of aliphatic hydroxyl groups excluding tert-OH is 1. The van der Waals surface area contributed by atoms with Crippen LogP contribution < -0.4 is 32.1 Å². The summed E-state index contributed by atoms with van der Waals surface area (Å²) in [4.78, 5) is 127. The molecule has 9 unspecified atom stereocenters. The molecule has 2 saturated carbocycles. The zero-order chi connectivity index (χ0) is 55.8. The van der Waals surface area contributed by atoms with E-state index < -0.39 is 89.6 Å². The number of Topliss-reactive ketones (excluding diaryl/α,β-unsaturated/α-hetero) is 1. The Balaban J connectivity index is 0.996. The van der Waals surface area contributed by atoms with Gasteiger partial charge in [-0.05, 0) is 99.1 Å². The van der Waals surface area contributed by atoms with Crippen molar-refractivity contribution in [1.82, 2.24) is 31.7 Å². The first-order chi connectivity index (χ1) is 36.1. The van der Waals surface area contributed by atoms with Crippen LogP contribution in [0.3, 0.4) is 0 Å². The van der Waals surface area contributed by atoms with Crippen molar-refractivity contribution in [2.75, 3.05) is 38.2 Å². The summed E-state index contributed by atoms with van der Waals surface area (Å²) in [5.74, 6) is -4.00. The van der Waals surface area contributed by atoms with Crippen molar-refractivity contribution in [1.29, 1.82) is 0 Å². The van der Waals surface area contributed by atoms with Crippen LogP contribution in [0.4, 0.5) is 15.3 Å². The molecule has 4 aliphatic rings. The number of nitrogens with zero attached hydrogens (tertiary/aromatic N) is 1. The van der Waals surface area contributed by atoms with Gasteiger partial charge in [-0.1, -0.05) is 84.2 Å². The SMILES string of the molecule is C/C=C\C(=O)N(C=O)CCCCCC(=O)NC(C(=O)NCC(=O)Nc1ccc(COC(=O)NNC(=O)CNC(=O)OCC(=O)C2(C3(C)CC(O)C4C(CCC5=CC(=O)C=CC54C)C3C)COC(CCC)O2)cc1)C(C)C.